The van der Waals surface area contributed by atoms with E-state index in [0.29, 0.717) is 6.61 Å². The molecule has 0 aromatic heterocycles. The molecule has 39 heavy (non-hydrogen) atoms. The Morgan fingerprint density at radius 1 is 0.744 bits per heavy atom. The second-order valence-corrected chi connectivity index (χ2v) is 20.0. The normalized spacial score (nSPS) is 15.8. The van der Waals surface area contributed by atoms with E-state index in [1.807, 2.05) is 0 Å². The fourth-order valence-corrected chi connectivity index (χ4v) is 8.42. The van der Waals surface area contributed by atoms with Crippen molar-refractivity contribution in [2.24, 2.45) is 0 Å². The first-order valence-corrected chi connectivity index (χ1v) is 19.9. The van der Waals surface area contributed by atoms with Gasteiger partial charge in [0.1, 0.15) is 0 Å². The van der Waals surface area contributed by atoms with Crippen LogP contribution in [-0.4, -0.2) is 30.1 Å². The Morgan fingerprint density at radius 2 is 1.31 bits per heavy atom. The molecule has 0 saturated carbocycles. The van der Waals surface area contributed by atoms with Crippen molar-refractivity contribution in [2.75, 3.05) is 35.0 Å². The van der Waals surface area contributed by atoms with Crippen molar-refractivity contribution in [3.63, 3.8) is 0 Å². The second kappa shape index (κ2) is 11.0. The summed E-state index contributed by atoms with van der Waals surface area (Å²) >= 11 is -3.26. The van der Waals surface area contributed by atoms with Crippen molar-refractivity contribution in [1.29, 1.82) is 0 Å². The molecule has 0 aliphatic carbocycles. The van der Waals surface area contributed by atoms with Crippen LogP contribution in [0.5, 0.6) is 11.5 Å². The van der Waals surface area contributed by atoms with Crippen LogP contribution in [0.1, 0.15) is 70.2 Å². The maximum atomic E-state index is 7.16. The number of anilines is 2. The molecule has 0 N–H and O–H groups in total. The Labute approximate surface area is 241 Å². The van der Waals surface area contributed by atoms with E-state index in [1.165, 1.54) is 27.8 Å². The van der Waals surface area contributed by atoms with E-state index in [0.717, 1.165) is 41.4 Å². The first kappa shape index (κ1) is 29.7. The number of methoxy groups -OCH3 is 1. The van der Waals surface area contributed by atoms with Gasteiger partial charge in [-0.2, -0.15) is 0 Å². The SMILES string of the molecule is COCCCN1c2ccccc2-c2cc(C)cc(C(C)(C)C)c2O[I-](C)(C)Oc2c1cc(C)cc2C(C)(C)C. The summed E-state index contributed by atoms with van der Waals surface area (Å²) in [5.74, 6) is 1.92. The maximum absolute atomic E-state index is 7.16. The number of rotatable bonds is 4. The first-order valence-electron chi connectivity index (χ1n) is 13.8. The molecule has 1 aliphatic heterocycles. The zero-order chi connectivity index (χ0) is 28.8. The van der Waals surface area contributed by atoms with Crippen molar-refractivity contribution < 1.29 is 30.1 Å². The zero-order valence-corrected chi connectivity index (χ0v) is 27.9. The van der Waals surface area contributed by atoms with Crippen LogP contribution in [0.15, 0.2) is 48.5 Å². The van der Waals surface area contributed by atoms with Crippen LogP contribution in [0.2, 0.25) is 0 Å². The predicted molar refractivity (Wildman–Crippen MR) is 162 cm³/mol. The van der Waals surface area contributed by atoms with Crippen molar-refractivity contribution >= 4 is 11.4 Å². The van der Waals surface area contributed by atoms with Gasteiger partial charge in [-0.25, -0.2) is 0 Å². The summed E-state index contributed by atoms with van der Waals surface area (Å²) in [6.45, 7) is 19.5. The summed E-state index contributed by atoms with van der Waals surface area (Å²) in [6, 6.07) is 17.9. The number of hydrogen-bond acceptors (Lipinski definition) is 4. The number of hydrogen-bond donors (Lipinski definition) is 0. The molecule has 0 unspecified atom stereocenters. The molecule has 0 amide bonds. The molecule has 5 heteroatoms. The predicted octanol–water partition coefficient (Wildman–Crippen LogP) is 5.76. The van der Waals surface area contributed by atoms with Gasteiger partial charge in [-0.3, -0.25) is 0 Å². The Balaban J connectivity index is 2.14. The van der Waals surface area contributed by atoms with Crippen LogP contribution in [0, 0.1) is 13.8 Å². The molecule has 0 spiro atoms. The summed E-state index contributed by atoms with van der Waals surface area (Å²) in [6.07, 6.45) is 0.900. The fourth-order valence-electron chi connectivity index (χ4n) is 5.27. The van der Waals surface area contributed by atoms with E-state index in [9.17, 15) is 0 Å². The number of alkyl halides is 2. The molecule has 4 rings (SSSR count). The van der Waals surface area contributed by atoms with Crippen molar-refractivity contribution in [1.82, 2.24) is 0 Å². The van der Waals surface area contributed by atoms with E-state index in [-0.39, 0.29) is 10.8 Å². The third kappa shape index (κ3) is 6.40. The zero-order valence-electron chi connectivity index (χ0n) is 25.8. The van der Waals surface area contributed by atoms with Crippen LogP contribution in [0.25, 0.3) is 11.1 Å². The molecule has 1 heterocycles. The topological polar surface area (TPSA) is 30.9 Å². The molecule has 3 aromatic carbocycles. The van der Waals surface area contributed by atoms with Crippen LogP contribution < -0.4 is 30.3 Å². The van der Waals surface area contributed by atoms with Crippen molar-refractivity contribution in [3.05, 3.63) is 70.8 Å². The molecule has 214 valence electrons. The van der Waals surface area contributed by atoms with Crippen LogP contribution >= 0.6 is 0 Å². The third-order valence-electron chi connectivity index (χ3n) is 7.09. The Bertz CT molecular complexity index is 1350. The van der Waals surface area contributed by atoms with Gasteiger partial charge in [-0.1, -0.05) is 0 Å². The van der Waals surface area contributed by atoms with Gasteiger partial charge in [0.05, 0.1) is 0 Å². The quantitative estimate of drug-likeness (QED) is 0.206. The second-order valence-electron chi connectivity index (χ2n) is 13.1. The summed E-state index contributed by atoms with van der Waals surface area (Å²) in [5.41, 5.74) is 9.30. The number of aryl methyl sites for hydroxylation is 2. The Kier molecular flexibility index (Phi) is 8.36. The third-order valence-corrected chi connectivity index (χ3v) is 10.1. The van der Waals surface area contributed by atoms with E-state index >= 15 is 0 Å². The van der Waals surface area contributed by atoms with E-state index in [2.05, 4.69) is 119 Å². The van der Waals surface area contributed by atoms with Gasteiger partial charge in [0.25, 0.3) is 0 Å². The van der Waals surface area contributed by atoms with Gasteiger partial charge in [-0.15, -0.1) is 0 Å². The molecule has 4 nitrogen and oxygen atoms in total. The summed E-state index contributed by atoms with van der Waals surface area (Å²) in [5, 5.41) is 0. The monoisotopic (exact) mass is 644 g/mol. The Hall–Kier alpha value is -2.25. The number of ether oxygens (including phenoxy) is 1. The van der Waals surface area contributed by atoms with E-state index in [1.54, 1.807) is 7.11 Å². The summed E-state index contributed by atoms with van der Waals surface area (Å²) in [7, 11) is 1.77. The van der Waals surface area contributed by atoms with Crippen LogP contribution in [0.4, 0.5) is 11.4 Å². The molecular formula is C34H47INO3-. The Morgan fingerprint density at radius 3 is 1.92 bits per heavy atom. The van der Waals surface area contributed by atoms with Gasteiger partial charge in [0, 0.05) is 0 Å². The number of halogens is 1. The molecule has 0 atom stereocenters. The first-order chi connectivity index (χ1) is 18.1. The minimum atomic E-state index is -3.26. The summed E-state index contributed by atoms with van der Waals surface area (Å²) in [4.78, 5) is 6.87. The molecule has 0 fully saturated rings. The molecule has 3 aromatic rings. The van der Waals surface area contributed by atoms with Crippen molar-refractivity contribution in [2.45, 2.75) is 72.6 Å². The van der Waals surface area contributed by atoms with E-state index < -0.39 is 19.3 Å². The van der Waals surface area contributed by atoms with Gasteiger partial charge < -0.3 is 0 Å². The summed E-state index contributed by atoms with van der Waals surface area (Å²) < 4.78 is 19.8. The number of benzene rings is 3. The van der Waals surface area contributed by atoms with Crippen LogP contribution in [-0.2, 0) is 15.6 Å². The van der Waals surface area contributed by atoms with Crippen molar-refractivity contribution in [3.8, 4) is 22.6 Å². The van der Waals surface area contributed by atoms with Gasteiger partial charge in [0.2, 0.25) is 0 Å². The van der Waals surface area contributed by atoms with Gasteiger partial charge in [-0.05, 0) is 0 Å². The number of nitrogens with zero attached hydrogens (tertiary/aromatic N) is 1. The standard InChI is InChI=1S/C34H47INO3/c1-23-19-26-25-15-12-13-16-29(25)36(17-14-18-37-11)30-22-24(2)21-28(34(6,7)8)32(30)39-35(9,10)38-31(26)27(20-23)33(3,4)5/h12-13,15-16,19-22H,14,17-18H2,1-11H3/q-1. The number of para-hydroxylation sites is 1. The molecule has 0 saturated heterocycles. The molecular weight excluding hydrogens is 597 g/mol. The average molecular weight is 645 g/mol. The van der Waals surface area contributed by atoms with E-state index in [4.69, 9.17) is 10.9 Å². The minimum absolute atomic E-state index is 0.0873. The number of fused-ring (bicyclic) bond motifs is 4. The molecule has 0 bridgehead atoms. The van der Waals surface area contributed by atoms with Gasteiger partial charge >= 0.3 is 243 Å². The van der Waals surface area contributed by atoms with Crippen LogP contribution in [0.3, 0.4) is 0 Å². The molecule has 1 aliphatic rings. The van der Waals surface area contributed by atoms with Gasteiger partial charge in [0.15, 0.2) is 0 Å². The average Bonchev–Trinajstić information content (AvgIpc) is 2.82. The fraction of sp³-hybridized carbons (Fsp3) is 0.471. The molecule has 0 radical (unpaired) electrons.